The summed E-state index contributed by atoms with van der Waals surface area (Å²) < 4.78 is 2.97. The number of aromatic nitrogens is 3. The minimum atomic E-state index is 0.479. The van der Waals surface area contributed by atoms with E-state index in [1.54, 1.807) is 6.20 Å². The first-order valence-corrected chi connectivity index (χ1v) is 7.30. The number of imidazole rings is 1. The van der Waals surface area contributed by atoms with Gasteiger partial charge in [-0.2, -0.15) is 0 Å². The third-order valence-electron chi connectivity index (χ3n) is 3.54. The molecule has 2 aromatic heterocycles. The molecule has 0 aliphatic heterocycles. The summed E-state index contributed by atoms with van der Waals surface area (Å²) in [6.45, 7) is 0. The molecular formula is C16H11BrN4. The number of hydrogen-bond donors (Lipinski definition) is 1. The summed E-state index contributed by atoms with van der Waals surface area (Å²) in [5.41, 5.74) is 9.01. The van der Waals surface area contributed by atoms with Crippen LogP contribution >= 0.6 is 15.9 Å². The van der Waals surface area contributed by atoms with E-state index in [-0.39, 0.29) is 0 Å². The lowest BCUT2D eigenvalue weighted by Crippen LogP contribution is -2.01. The average molecular weight is 339 g/mol. The third kappa shape index (κ3) is 1.89. The Kier molecular flexibility index (Phi) is 2.68. The van der Waals surface area contributed by atoms with E-state index in [0.29, 0.717) is 5.95 Å². The van der Waals surface area contributed by atoms with Crippen LogP contribution in [0.5, 0.6) is 0 Å². The van der Waals surface area contributed by atoms with Crippen molar-refractivity contribution in [2.24, 2.45) is 0 Å². The summed E-state index contributed by atoms with van der Waals surface area (Å²) in [6.07, 6.45) is 3.64. The smallest absolute Gasteiger partial charge is 0.205 e. The summed E-state index contributed by atoms with van der Waals surface area (Å²) in [5, 5.41) is 2.17. The number of fused-ring (bicyclic) bond motifs is 2. The van der Waals surface area contributed by atoms with Gasteiger partial charge in [-0.15, -0.1) is 0 Å². The second-order valence-corrected chi connectivity index (χ2v) is 5.73. The number of anilines is 1. The van der Waals surface area contributed by atoms with Crippen LogP contribution in [0.15, 0.2) is 59.3 Å². The number of nitrogens with two attached hydrogens (primary N) is 1. The van der Waals surface area contributed by atoms with Gasteiger partial charge in [0.15, 0.2) is 0 Å². The number of nitrogens with zero attached hydrogens (tertiary/aromatic N) is 3. The van der Waals surface area contributed by atoms with Gasteiger partial charge in [-0.25, -0.2) is 4.98 Å². The molecule has 21 heavy (non-hydrogen) atoms. The summed E-state index contributed by atoms with van der Waals surface area (Å²) in [6, 6.07) is 14.0. The van der Waals surface area contributed by atoms with E-state index in [1.165, 1.54) is 0 Å². The van der Waals surface area contributed by atoms with Crippen LogP contribution in [0.4, 0.5) is 5.95 Å². The fourth-order valence-corrected chi connectivity index (χ4v) is 2.97. The molecule has 0 aliphatic carbocycles. The molecule has 5 heteroatoms. The van der Waals surface area contributed by atoms with Crippen molar-refractivity contribution in [1.82, 2.24) is 14.5 Å². The molecule has 0 spiro atoms. The highest BCUT2D eigenvalue weighted by Crippen LogP contribution is 2.29. The molecule has 0 radical (unpaired) electrons. The molecule has 0 aliphatic rings. The zero-order valence-corrected chi connectivity index (χ0v) is 12.6. The number of pyridine rings is 1. The summed E-state index contributed by atoms with van der Waals surface area (Å²) in [7, 11) is 0. The lowest BCUT2D eigenvalue weighted by molar-refractivity contribution is 1.12. The molecule has 4 aromatic rings. The highest BCUT2D eigenvalue weighted by Gasteiger charge is 2.12. The molecule has 0 saturated heterocycles. The predicted molar refractivity (Wildman–Crippen MR) is 88.5 cm³/mol. The van der Waals surface area contributed by atoms with Crippen molar-refractivity contribution in [3.63, 3.8) is 0 Å². The average Bonchev–Trinajstić information content (AvgIpc) is 2.82. The van der Waals surface area contributed by atoms with E-state index in [4.69, 9.17) is 5.73 Å². The molecular weight excluding hydrogens is 328 g/mol. The number of rotatable bonds is 1. The fourth-order valence-electron chi connectivity index (χ4n) is 2.62. The lowest BCUT2D eigenvalue weighted by Gasteiger charge is -2.10. The van der Waals surface area contributed by atoms with Crippen LogP contribution in [-0.2, 0) is 0 Å². The van der Waals surface area contributed by atoms with Crippen molar-refractivity contribution in [2.45, 2.75) is 0 Å². The van der Waals surface area contributed by atoms with E-state index >= 15 is 0 Å². The van der Waals surface area contributed by atoms with Crippen molar-refractivity contribution in [2.75, 3.05) is 5.73 Å². The highest BCUT2D eigenvalue weighted by molar-refractivity contribution is 9.10. The Morgan fingerprint density at radius 1 is 1.10 bits per heavy atom. The van der Waals surface area contributed by atoms with Crippen LogP contribution in [0.1, 0.15) is 0 Å². The van der Waals surface area contributed by atoms with Crippen LogP contribution < -0.4 is 5.73 Å². The van der Waals surface area contributed by atoms with Crippen molar-refractivity contribution >= 4 is 43.7 Å². The number of hydrogen-bond acceptors (Lipinski definition) is 3. The topological polar surface area (TPSA) is 56.7 Å². The molecule has 2 N–H and O–H groups in total. The first-order chi connectivity index (χ1) is 10.2. The van der Waals surface area contributed by atoms with Gasteiger partial charge in [-0.1, -0.05) is 28.1 Å². The Morgan fingerprint density at radius 2 is 2.00 bits per heavy atom. The Labute approximate surface area is 129 Å². The molecule has 2 aromatic carbocycles. The van der Waals surface area contributed by atoms with Gasteiger partial charge in [0.1, 0.15) is 0 Å². The monoisotopic (exact) mass is 338 g/mol. The first-order valence-electron chi connectivity index (χ1n) is 6.50. The number of benzene rings is 2. The molecule has 4 rings (SSSR count). The van der Waals surface area contributed by atoms with Crippen molar-refractivity contribution in [3.05, 3.63) is 59.3 Å². The van der Waals surface area contributed by atoms with Crippen molar-refractivity contribution in [3.8, 4) is 5.69 Å². The van der Waals surface area contributed by atoms with Crippen molar-refractivity contribution < 1.29 is 0 Å². The van der Waals surface area contributed by atoms with Gasteiger partial charge in [0.05, 0.1) is 16.7 Å². The maximum Gasteiger partial charge on any atom is 0.205 e. The standard InChI is InChI=1S/C16H11BrN4/c17-11-4-5-13-15(8-11)21(16(18)20-13)14-3-1-2-10-9-19-7-6-12(10)14/h1-9H,(H2,18,20). The second-order valence-electron chi connectivity index (χ2n) is 4.81. The normalized spacial score (nSPS) is 11.3. The van der Waals surface area contributed by atoms with Crippen LogP contribution in [0.2, 0.25) is 0 Å². The molecule has 4 nitrogen and oxygen atoms in total. The molecule has 0 fully saturated rings. The first kappa shape index (κ1) is 12.3. The van der Waals surface area contributed by atoms with Gasteiger partial charge in [-0.05, 0) is 30.3 Å². The van der Waals surface area contributed by atoms with E-state index < -0.39 is 0 Å². The molecule has 0 saturated carbocycles. The molecule has 0 atom stereocenters. The molecule has 0 amide bonds. The third-order valence-corrected chi connectivity index (χ3v) is 4.03. The zero-order valence-electron chi connectivity index (χ0n) is 11.0. The fraction of sp³-hybridized carbons (Fsp3) is 0. The molecule has 102 valence electrons. The van der Waals surface area contributed by atoms with Crippen LogP contribution in [0.3, 0.4) is 0 Å². The van der Waals surface area contributed by atoms with Gasteiger partial charge in [0.25, 0.3) is 0 Å². The van der Waals surface area contributed by atoms with Gasteiger partial charge >= 0.3 is 0 Å². The quantitative estimate of drug-likeness (QED) is 0.572. The minimum absolute atomic E-state index is 0.479. The number of halogens is 1. The van der Waals surface area contributed by atoms with E-state index in [2.05, 4.69) is 25.9 Å². The zero-order chi connectivity index (χ0) is 14.4. The van der Waals surface area contributed by atoms with Crippen molar-refractivity contribution in [1.29, 1.82) is 0 Å². The largest absolute Gasteiger partial charge is 0.369 e. The van der Waals surface area contributed by atoms with Gasteiger partial charge in [-0.3, -0.25) is 9.55 Å². The maximum atomic E-state index is 6.15. The van der Waals surface area contributed by atoms with Gasteiger partial charge < -0.3 is 5.73 Å². The highest BCUT2D eigenvalue weighted by atomic mass is 79.9. The Morgan fingerprint density at radius 3 is 2.90 bits per heavy atom. The van der Waals surface area contributed by atoms with Gasteiger partial charge in [0.2, 0.25) is 5.95 Å². The van der Waals surface area contributed by atoms with Crippen LogP contribution in [0.25, 0.3) is 27.5 Å². The lowest BCUT2D eigenvalue weighted by atomic mass is 10.1. The second kappa shape index (κ2) is 4.56. The van der Waals surface area contributed by atoms with E-state index in [9.17, 15) is 0 Å². The summed E-state index contributed by atoms with van der Waals surface area (Å²) in [4.78, 5) is 8.61. The maximum absolute atomic E-state index is 6.15. The predicted octanol–water partition coefficient (Wildman–Crippen LogP) is 3.92. The Bertz CT molecular complexity index is 969. The molecule has 2 heterocycles. The number of nitrogen functional groups attached to an aromatic ring is 1. The van der Waals surface area contributed by atoms with E-state index in [0.717, 1.165) is 32.0 Å². The molecule has 0 unspecified atom stereocenters. The Hall–Kier alpha value is -2.40. The molecule has 0 bridgehead atoms. The van der Waals surface area contributed by atoms with E-state index in [1.807, 2.05) is 53.2 Å². The van der Waals surface area contributed by atoms with Gasteiger partial charge in [0, 0.05) is 27.6 Å². The van der Waals surface area contributed by atoms with Crippen LogP contribution in [-0.4, -0.2) is 14.5 Å². The summed E-state index contributed by atoms with van der Waals surface area (Å²) >= 11 is 3.51. The minimum Gasteiger partial charge on any atom is -0.369 e. The summed E-state index contributed by atoms with van der Waals surface area (Å²) in [5.74, 6) is 0.479. The van der Waals surface area contributed by atoms with Crippen LogP contribution in [0, 0.1) is 0 Å². The Balaban J connectivity index is 2.14. The SMILES string of the molecule is Nc1nc2ccc(Br)cc2n1-c1cccc2cnccc12.